The van der Waals surface area contributed by atoms with Crippen LogP contribution in [0.15, 0.2) is 0 Å². The standard InChI is InChI=1S/C16H32N2O2/c1-5-15(6-2)18(7-8-20-4)16(19)13-9-12(3)10-14(17)11-13/h12-15H,5-11,17H2,1-4H3. The first-order valence-corrected chi connectivity index (χ1v) is 8.08. The Hall–Kier alpha value is -0.610. The fourth-order valence-electron chi connectivity index (χ4n) is 3.48. The fourth-order valence-corrected chi connectivity index (χ4v) is 3.48. The van der Waals surface area contributed by atoms with Crippen LogP contribution in [0.4, 0.5) is 0 Å². The molecule has 4 nitrogen and oxygen atoms in total. The lowest BCUT2D eigenvalue weighted by molar-refractivity contribution is -0.140. The fraction of sp³-hybridized carbons (Fsp3) is 0.938. The van der Waals surface area contributed by atoms with Crippen molar-refractivity contribution in [3.63, 3.8) is 0 Å². The van der Waals surface area contributed by atoms with Crippen LogP contribution in [0.3, 0.4) is 0 Å². The molecular formula is C16H32N2O2. The minimum absolute atomic E-state index is 0.103. The number of methoxy groups -OCH3 is 1. The molecule has 0 heterocycles. The molecule has 2 N–H and O–H groups in total. The Kier molecular flexibility index (Phi) is 7.52. The second kappa shape index (κ2) is 8.63. The molecule has 4 heteroatoms. The highest BCUT2D eigenvalue weighted by atomic mass is 16.5. The number of nitrogens with two attached hydrogens (primary N) is 1. The summed E-state index contributed by atoms with van der Waals surface area (Å²) in [7, 11) is 1.69. The largest absolute Gasteiger partial charge is 0.383 e. The molecule has 0 saturated heterocycles. The summed E-state index contributed by atoms with van der Waals surface area (Å²) < 4.78 is 5.17. The van der Waals surface area contributed by atoms with Crippen molar-refractivity contribution in [2.24, 2.45) is 17.6 Å². The van der Waals surface area contributed by atoms with E-state index in [2.05, 4.69) is 20.8 Å². The maximum atomic E-state index is 12.9. The van der Waals surface area contributed by atoms with Gasteiger partial charge in [0.05, 0.1) is 6.61 Å². The van der Waals surface area contributed by atoms with Gasteiger partial charge in [0, 0.05) is 31.7 Å². The van der Waals surface area contributed by atoms with Crippen LogP contribution >= 0.6 is 0 Å². The Morgan fingerprint density at radius 1 is 1.30 bits per heavy atom. The first kappa shape index (κ1) is 17.4. The third-order valence-corrected chi connectivity index (χ3v) is 4.53. The highest BCUT2D eigenvalue weighted by Gasteiger charge is 2.33. The Labute approximate surface area is 124 Å². The van der Waals surface area contributed by atoms with E-state index in [-0.39, 0.29) is 17.9 Å². The molecule has 118 valence electrons. The van der Waals surface area contributed by atoms with Crippen molar-refractivity contribution in [1.29, 1.82) is 0 Å². The zero-order chi connectivity index (χ0) is 15.1. The van der Waals surface area contributed by atoms with Crippen molar-refractivity contribution in [3.05, 3.63) is 0 Å². The first-order chi connectivity index (χ1) is 9.53. The molecule has 0 bridgehead atoms. The number of carbonyl (C=O) groups is 1. The second-order valence-corrected chi connectivity index (χ2v) is 6.26. The van der Waals surface area contributed by atoms with E-state index in [1.165, 1.54) is 0 Å². The Morgan fingerprint density at radius 2 is 1.95 bits per heavy atom. The molecule has 1 amide bonds. The highest BCUT2D eigenvalue weighted by Crippen LogP contribution is 2.30. The van der Waals surface area contributed by atoms with Gasteiger partial charge in [0.2, 0.25) is 5.91 Å². The van der Waals surface area contributed by atoms with Gasteiger partial charge >= 0.3 is 0 Å². The third-order valence-electron chi connectivity index (χ3n) is 4.53. The topological polar surface area (TPSA) is 55.6 Å². The van der Waals surface area contributed by atoms with Crippen LogP contribution in [0.5, 0.6) is 0 Å². The average Bonchev–Trinajstić information content (AvgIpc) is 2.41. The van der Waals surface area contributed by atoms with Crippen LogP contribution in [0, 0.1) is 11.8 Å². The molecule has 20 heavy (non-hydrogen) atoms. The average molecular weight is 284 g/mol. The molecule has 0 aliphatic heterocycles. The van der Waals surface area contributed by atoms with E-state index in [9.17, 15) is 4.79 Å². The van der Waals surface area contributed by atoms with Gasteiger partial charge in [-0.25, -0.2) is 0 Å². The molecule has 1 aliphatic carbocycles. The van der Waals surface area contributed by atoms with Crippen LogP contribution in [0.25, 0.3) is 0 Å². The van der Waals surface area contributed by atoms with E-state index in [0.717, 1.165) is 32.1 Å². The monoisotopic (exact) mass is 284 g/mol. The molecule has 1 aliphatic rings. The normalized spacial score (nSPS) is 26.8. The molecule has 1 rings (SSSR count). The number of amides is 1. The van der Waals surface area contributed by atoms with Crippen LogP contribution < -0.4 is 5.73 Å². The summed E-state index contributed by atoms with van der Waals surface area (Å²) in [4.78, 5) is 14.9. The number of nitrogens with zero attached hydrogens (tertiary/aromatic N) is 1. The van der Waals surface area contributed by atoms with Gasteiger partial charge in [0.1, 0.15) is 0 Å². The number of hydrogen-bond acceptors (Lipinski definition) is 3. The first-order valence-electron chi connectivity index (χ1n) is 8.08. The zero-order valence-electron chi connectivity index (χ0n) is 13.6. The number of ether oxygens (including phenoxy) is 1. The van der Waals surface area contributed by atoms with Crippen molar-refractivity contribution in [2.75, 3.05) is 20.3 Å². The summed E-state index contributed by atoms with van der Waals surface area (Å²) in [5.74, 6) is 0.947. The lowest BCUT2D eigenvalue weighted by Crippen LogP contribution is -2.47. The van der Waals surface area contributed by atoms with Gasteiger partial charge < -0.3 is 15.4 Å². The SMILES string of the molecule is CCC(CC)N(CCOC)C(=O)C1CC(C)CC(N)C1. The molecule has 1 fully saturated rings. The highest BCUT2D eigenvalue weighted by molar-refractivity contribution is 5.79. The Balaban J connectivity index is 2.75. The van der Waals surface area contributed by atoms with E-state index in [1.807, 2.05) is 4.90 Å². The predicted octanol–water partition coefficient (Wildman–Crippen LogP) is 2.41. The van der Waals surface area contributed by atoms with Gasteiger partial charge in [0.25, 0.3) is 0 Å². The molecule has 0 radical (unpaired) electrons. The smallest absolute Gasteiger partial charge is 0.226 e. The summed E-state index contributed by atoms with van der Waals surface area (Å²) in [6.07, 6.45) is 4.87. The molecule has 0 spiro atoms. The van der Waals surface area contributed by atoms with Crippen LogP contribution in [-0.2, 0) is 9.53 Å². The van der Waals surface area contributed by atoms with Crippen molar-refractivity contribution in [3.8, 4) is 0 Å². The van der Waals surface area contributed by atoms with E-state index in [1.54, 1.807) is 7.11 Å². The van der Waals surface area contributed by atoms with Crippen LogP contribution in [-0.4, -0.2) is 43.2 Å². The van der Waals surface area contributed by atoms with Gasteiger partial charge in [0.15, 0.2) is 0 Å². The molecule has 0 aromatic rings. The van der Waals surface area contributed by atoms with Gasteiger partial charge in [-0.15, -0.1) is 0 Å². The van der Waals surface area contributed by atoms with Gasteiger partial charge in [-0.05, 0) is 38.0 Å². The number of hydrogen-bond donors (Lipinski definition) is 1. The van der Waals surface area contributed by atoms with E-state index >= 15 is 0 Å². The summed E-state index contributed by atoms with van der Waals surface area (Å²) in [6, 6.07) is 0.504. The molecule has 0 aromatic carbocycles. The van der Waals surface area contributed by atoms with Gasteiger partial charge in [-0.2, -0.15) is 0 Å². The van der Waals surface area contributed by atoms with Crippen molar-refractivity contribution in [1.82, 2.24) is 4.90 Å². The lowest BCUT2D eigenvalue weighted by atomic mass is 9.79. The van der Waals surface area contributed by atoms with Crippen LogP contribution in [0.1, 0.15) is 52.9 Å². The molecule has 3 atom stereocenters. The molecule has 3 unspecified atom stereocenters. The Morgan fingerprint density at radius 3 is 2.45 bits per heavy atom. The van der Waals surface area contributed by atoms with Crippen molar-refractivity contribution >= 4 is 5.91 Å². The van der Waals surface area contributed by atoms with Crippen LogP contribution in [0.2, 0.25) is 0 Å². The molecule has 0 aromatic heterocycles. The molecular weight excluding hydrogens is 252 g/mol. The van der Waals surface area contributed by atoms with Crippen molar-refractivity contribution < 1.29 is 9.53 Å². The van der Waals surface area contributed by atoms with Gasteiger partial charge in [-0.3, -0.25) is 4.79 Å². The summed E-state index contributed by atoms with van der Waals surface area (Å²) in [5.41, 5.74) is 6.10. The van der Waals surface area contributed by atoms with E-state index in [4.69, 9.17) is 10.5 Å². The maximum Gasteiger partial charge on any atom is 0.226 e. The summed E-state index contributed by atoms with van der Waals surface area (Å²) in [5, 5.41) is 0. The molecule has 1 saturated carbocycles. The Bertz CT molecular complexity index is 282. The zero-order valence-corrected chi connectivity index (χ0v) is 13.6. The number of rotatable bonds is 7. The second-order valence-electron chi connectivity index (χ2n) is 6.26. The maximum absolute atomic E-state index is 12.9. The van der Waals surface area contributed by atoms with E-state index < -0.39 is 0 Å². The predicted molar refractivity (Wildman–Crippen MR) is 82.4 cm³/mol. The number of carbonyl (C=O) groups excluding carboxylic acids is 1. The minimum Gasteiger partial charge on any atom is -0.383 e. The minimum atomic E-state index is 0.103. The summed E-state index contributed by atoms with van der Waals surface area (Å²) in [6.45, 7) is 7.81. The lowest BCUT2D eigenvalue weighted by Gasteiger charge is -2.37. The quantitative estimate of drug-likeness (QED) is 0.781. The third kappa shape index (κ3) is 4.74. The van der Waals surface area contributed by atoms with Gasteiger partial charge in [-0.1, -0.05) is 20.8 Å². The van der Waals surface area contributed by atoms with E-state index in [0.29, 0.717) is 25.1 Å². The van der Waals surface area contributed by atoms with Crippen molar-refractivity contribution in [2.45, 2.75) is 65.0 Å². The summed E-state index contributed by atoms with van der Waals surface area (Å²) >= 11 is 0.